The van der Waals surface area contributed by atoms with Gasteiger partial charge in [-0.3, -0.25) is 0 Å². The van der Waals surface area contributed by atoms with Crippen LogP contribution in [0.4, 0.5) is 5.82 Å². The minimum atomic E-state index is 0.375. The number of anilines is 1. The van der Waals surface area contributed by atoms with Gasteiger partial charge in [0.1, 0.15) is 16.3 Å². The van der Waals surface area contributed by atoms with Crippen LogP contribution in [-0.4, -0.2) is 17.0 Å². The fraction of sp³-hybridized carbons (Fsp3) is 0.500. The van der Waals surface area contributed by atoms with E-state index in [1.807, 2.05) is 7.05 Å². The molecule has 0 aromatic carbocycles. The fourth-order valence-corrected chi connectivity index (χ4v) is 1.10. The van der Waals surface area contributed by atoms with Crippen molar-refractivity contribution in [1.82, 2.24) is 9.97 Å². The molecule has 0 spiro atoms. The predicted octanol–water partition coefficient (Wildman–Crippen LogP) is 2.30. The number of hydrogen-bond donors (Lipinski definition) is 2. The first-order chi connectivity index (χ1) is 5.63. The van der Waals surface area contributed by atoms with Gasteiger partial charge in [-0.25, -0.2) is 4.98 Å². The molecule has 0 aliphatic rings. The molecular weight excluding hydrogens is 170 g/mol. The molecule has 0 saturated heterocycles. The minimum absolute atomic E-state index is 0.375. The highest BCUT2D eigenvalue weighted by Gasteiger charge is 2.01. The normalized spacial score (nSPS) is 10.3. The van der Waals surface area contributed by atoms with Crippen LogP contribution in [-0.2, 0) is 0 Å². The number of hydrogen-bond acceptors (Lipinski definition) is 3. The van der Waals surface area contributed by atoms with Crippen molar-refractivity contribution in [2.45, 2.75) is 19.8 Å². The SMILES string of the molecule is CNc1cc(=S)nc(C(C)C)[nH]1. The molecule has 4 heteroatoms. The third-order valence-electron chi connectivity index (χ3n) is 1.58. The van der Waals surface area contributed by atoms with Crippen molar-refractivity contribution in [3.8, 4) is 0 Å². The molecule has 3 nitrogen and oxygen atoms in total. The maximum Gasteiger partial charge on any atom is 0.131 e. The Kier molecular flexibility index (Phi) is 2.81. The number of nitrogens with one attached hydrogen (secondary N) is 2. The van der Waals surface area contributed by atoms with Gasteiger partial charge in [0.05, 0.1) is 0 Å². The molecule has 12 heavy (non-hydrogen) atoms. The van der Waals surface area contributed by atoms with E-state index in [-0.39, 0.29) is 0 Å². The maximum absolute atomic E-state index is 5.00. The van der Waals surface area contributed by atoms with Crippen LogP contribution in [0, 0.1) is 4.64 Å². The zero-order valence-electron chi connectivity index (χ0n) is 7.51. The Morgan fingerprint density at radius 1 is 1.58 bits per heavy atom. The van der Waals surface area contributed by atoms with Gasteiger partial charge in [0.15, 0.2) is 0 Å². The van der Waals surface area contributed by atoms with Crippen molar-refractivity contribution >= 4 is 18.0 Å². The molecule has 1 aromatic rings. The van der Waals surface area contributed by atoms with E-state index in [0.717, 1.165) is 11.6 Å². The van der Waals surface area contributed by atoms with Crippen LogP contribution >= 0.6 is 12.2 Å². The van der Waals surface area contributed by atoms with Gasteiger partial charge in [0.25, 0.3) is 0 Å². The molecule has 0 bridgehead atoms. The molecule has 0 radical (unpaired) electrons. The first-order valence-corrected chi connectivity index (χ1v) is 4.33. The average molecular weight is 183 g/mol. The van der Waals surface area contributed by atoms with Crippen LogP contribution in [0.5, 0.6) is 0 Å². The minimum Gasteiger partial charge on any atom is -0.375 e. The monoisotopic (exact) mass is 183 g/mol. The lowest BCUT2D eigenvalue weighted by atomic mass is 10.2. The molecule has 1 aromatic heterocycles. The van der Waals surface area contributed by atoms with E-state index in [0.29, 0.717) is 10.6 Å². The summed E-state index contributed by atoms with van der Waals surface area (Å²) in [6, 6.07) is 1.81. The molecule has 66 valence electrons. The highest BCUT2D eigenvalue weighted by Crippen LogP contribution is 2.11. The summed E-state index contributed by atoms with van der Waals surface area (Å²) in [5.74, 6) is 2.21. The lowest BCUT2D eigenvalue weighted by Gasteiger charge is -2.06. The van der Waals surface area contributed by atoms with Gasteiger partial charge in [0, 0.05) is 19.0 Å². The van der Waals surface area contributed by atoms with Gasteiger partial charge in [-0.1, -0.05) is 26.1 Å². The summed E-state index contributed by atoms with van der Waals surface area (Å²) in [7, 11) is 1.85. The Balaban J connectivity index is 3.15. The summed E-state index contributed by atoms with van der Waals surface area (Å²) < 4.78 is 0.627. The Labute approximate surface area is 77.2 Å². The molecule has 0 atom stereocenters. The molecule has 0 unspecified atom stereocenters. The lowest BCUT2D eigenvalue weighted by Crippen LogP contribution is -2.01. The van der Waals surface area contributed by atoms with Crippen LogP contribution in [0.15, 0.2) is 6.07 Å². The third kappa shape index (κ3) is 2.04. The van der Waals surface area contributed by atoms with E-state index in [1.54, 1.807) is 6.07 Å². The Bertz CT molecular complexity index is 316. The maximum atomic E-state index is 5.00. The highest BCUT2D eigenvalue weighted by molar-refractivity contribution is 7.71. The van der Waals surface area contributed by atoms with E-state index in [2.05, 4.69) is 29.1 Å². The predicted molar refractivity (Wildman–Crippen MR) is 53.1 cm³/mol. The number of rotatable bonds is 2. The number of aromatic amines is 1. The second-order valence-electron chi connectivity index (χ2n) is 2.92. The molecule has 0 fully saturated rings. The largest absolute Gasteiger partial charge is 0.375 e. The van der Waals surface area contributed by atoms with Gasteiger partial charge < -0.3 is 10.3 Å². The van der Waals surface area contributed by atoms with Gasteiger partial charge >= 0.3 is 0 Å². The van der Waals surface area contributed by atoms with Gasteiger partial charge in [0.2, 0.25) is 0 Å². The summed E-state index contributed by atoms with van der Waals surface area (Å²) in [6.07, 6.45) is 0. The van der Waals surface area contributed by atoms with Crippen molar-refractivity contribution in [3.63, 3.8) is 0 Å². The molecule has 1 rings (SSSR count). The molecule has 0 amide bonds. The van der Waals surface area contributed by atoms with E-state index < -0.39 is 0 Å². The average Bonchev–Trinajstić information content (AvgIpc) is 2.03. The summed E-state index contributed by atoms with van der Waals surface area (Å²) in [4.78, 5) is 7.35. The Morgan fingerprint density at radius 3 is 2.75 bits per heavy atom. The topological polar surface area (TPSA) is 40.7 Å². The second kappa shape index (κ2) is 3.67. The van der Waals surface area contributed by atoms with Crippen molar-refractivity contribution in [2.75, 3.05) is 12.4 Å². The summed E-state index contributed by atoms with van der Waals surface area (Å²) in [6.45, 7) is 4.15. The molecule has 2 N–H and O–H groups in total. The number of aromatic nitrogens is 2. The standard InChI is InChI=1S/C8H13N3S/c1-5(2)8-10-6(9-3)4-7(12)11-8/h4-5H,1-3H3,(H2,9,10,11,12). The first-order valence-electron chi connectivity index (χ1n) is 3.92. The van der Waals surface area contributed by atoms with Crippen molar-refractivity contribution in [2.24, 2.45) is 0 Å². The summed E-state index contributed by atoms with van der Waals surface area (Å²) >= 11 is 5.00. The zero-order valence-corrected chi connectivity index (χ0v) is 8.33. The van der Waals surface area contributed by atoms with E-state index >= 15 is 0 Å². The van der Waals surface area contributed by atoms with Crippen molar-refractivity contribution < 1.29 is 0 Å². The van der Waals surface area contributed by atoms with Gasteiger partial charge in [-0.05, 0) is 0 Å². The van der Waals surface area contributed by atoms with Crippen molar-refractivity contribution in [3.05, 3.63) is 16.5 Å². The molecule has 0 aliphatic heterocycles. The van der Waals surface area contributed by atoms with Gasteiger partial charge in [-0.2, -0.15) is 0 Å². The van der Waals surface area contributed by atoms with Gasteiger partial charge in [-0.15, -0.1) is 0 Å². The van der Waals surface area contributed by atoms with Crippen LogP contribution < -0.4 is 5.32 Å². The fourth-order valence-electron chi connectivity index (χ4n) is 0.885. The van der Waals surface area contributed by atoms with Crippen LogP contribution in [0.2, 0.25) is 0 Å². The van der Waals surface area contributed by atoms with Crippen LogP contribution in [0.25, 0.3) is 0 Å². The zero-order chi connectivity index (χ0) is 9.14. The third-order valence-corrected chi connectivity index (χ3v) is 1.79. The number of nitrogens with zero attached hydrogens (tertiary/aromatic N) is 1. The van der Waals surface area contributed by atoms with Crippen LogP contribution in [0.1, 0.15) is 25.6 Å². The molecule has 1 heterocycles. The van der Waals surface area contributed by atoms with Crippen molar-refractivity contribution in [1.29, 1.82) is 0 Å². The summed E-state index contributed by atoms with van der Waals surface area (Å²) in [5.41, 5.74) is 0. The first kappa shape index (κ1) is 9.19. The van der Waals surface area contributed by atoms with E-state index in [4.69, 9.17) is 12.2 Å². The molecule has 0 saturated carbocycles. The number of H-pyrrole nitrogens is 1. The van der Waals surface area contributed by atoms with E-state index in [1.165, 1.54) is 0 Å². The second-order valence-corrected chi connectivity index (χ2v) is 3.34. The Morgan fingerprint density at radius 2 is 2.25 bits per heavy atom. The molecular formula is C8H13N3S. The lowest BCUT2D eigenvalue weighted by molar-refractivity contribution is 0.773. The highest BCUT2D eigenvalue weighted by atomic mass is 32.1. The van der Waals surface area contributed by atoms with Crippen LogP contribution in [0.3, 0.4) is 0 Å². The summed E-state index contributed by atoms with van der Waals surface area (Å²) in [5, 5.41) is 3.00. The smallest absolute Gasteiger partial charge is 0.131 e. The van der Waals surface area contributed by atoms with E-state index in [9.17, 15) is 0 Å². The Hall–Kier alpha value is -0.900. The quantitative estimate of drug-likeness (QED) is 0.691. The molecule has 0 aliphatic carbocycles.